The van der Waals surface area contributed by atoms with Crippen LogP contribution in [0.2, 0.25) is 0 Å². The number of thiophene rings is 1. The average molecular weight is 530 g/mol. The summed E-state index contributed by atoms with van der Waals surface area (Å²) < 4.78 is 16.7. The fourth-order valence-corrected chi connectivity index (χ4v) is 5.98. The van der Waals surface area contributed by atoms with E-state index in [1.165, 1.54) is 17.8 Å². The number of rotatable bonds is 11. The van der Waals surface area contributed by atoms with Crippen molar-refractivity contribution >= 4 is 40.2 Å². The van der Waals surface area contributed by atoms with E-state index in [2.05, 4.69) is 11.8 Å². The van der Waals surface area contributed by atoms with E-state index in [4.69, 9.17) is 14.2 Å². The van der Waals surface area contributed by atoms with Crippen LogP contribution in [0.3, 0.4) is 0 Å². The maximum Gasteiger partial charge on any atom is 0.298 e. The number of fused-ring (bicyclic) bond motifs is 1. The molecule has 4 aromatic rings. The Kier molecular flexibility index (Phi) is 7.81. The molecule has 0 radical (unpaired) electrons. The molecule has 1 saturated heterocycles. The van der Waals surface area contributed by atoms with E-state index in [0.29, 0.717) is 42.2 Å². The normalized spacial score (nSPS) is 15.3. The predicted octanol–water partition coefficient (Wildman–Crippen LogP) is 5.59. The number of benzene rings is 3. The van der Waals surface area contributed by atoms with Crippen molar-refractivity contribution in [3.8, 4) is 27.7 Å². The molecule has 0 saturated carbocycles. The monoisotopic (exact) mass is 529 g/mol. The lowest BCUT2D eigenvalue weighted by molar-refractivity contribution is -0.121. The molecule has 1 aromatic heterocycles. The molecule has 8 heteroatoms. The SMILES string of the molecule is CC1CCN(CCOc2ccc(C(=O)c3c(-c4ccc(OC=O)cc4)sc4cc(OC=O)ccc34)cc2)C1. The molecular weight excluding hydrogens is 502 g/mol. The maximum atomic E-state index is 13.8. The van der Waals surface area contributed by atoms with Gasteiger partial charge in [0.2, 0.25) is 0 Å². The van der Waals surface area contributed by atoms with Crippen LogP contribution in [0.5, 0.6) is 17.2 Å². The van der Waals surface area contributed by atoms with Crippen LogP contribution >= 0.6 is 11.3 Å². The zero-order chi connectivity index (χ0) is 26.5. The highest BCUT2D eigenvalue weighted by Crippen LogP contribution is 2.41. The van der Waals surface area contributed by atoms with E-state index in [9.17, 15) is 14.4 Å². The standard InChI is InChI=1S/C30H27NO6S/c1-20-12-13-31(17-20)14-15-35-23-6-2-21(3-7-23)29(34)28-26-11-10-25(37-19-33)16-27(26)38-30(28)22-4-8-24(9-5-22)36-18-32/h2-11,16,18-20H,12-15,17H2,1H3. The van der Waals surface area contributed by atoms with Gasteiger partial charge in [-0.1, -0.05) is 6.92 Å². The topological polar surface area (TPSA) is 82.1 Å². The molecule has 38 heavy (non-hydrogen) atoms. The first kappa shape index (κ1) is 25.6. The number of ether oxygens (including phenoxy) is 3. The molecule has 7 nitrogen and oxygen atoms in total. The van der Waals surface area contributed by atoms with Crippen molar-refractivity contribution < 1.29 is 28.6 Å². The first-order valence-corrected chi connectivity index (χ1v) is 13.2. The van der Waals surface area contributed by atoms with Gasteiger partial charge in [0, 0.05) is 39.2 Å². The van der Waals surface area contributed by atoms with Crippen molar-refractivity contribution in [3.05, 3.63) is 77.9 Å². The van der Waals surface area contributed by atoms with E-state index in [1.807, 2.05) is 12.1 Å². The Morgan fingerprint density at radius 1 is 0.947 bits per heavy atom. The van der Waals surface area contributed by atoms with Gasteiger partial charge in [-0.3, -0.25) is 19.3 Å². The zero-order valence-corrected chi connectivity index (χ0v) is 21.7. The zero-order valence-electron chi connectivity index (χ0n) is 20.9. The van der Waals surface area contributed by atoms with Crippen molar-refractivity contribution in [1.82, 2.24) is 4.90 Å². The van der Waals surface area contributed by atoms with E-state index < -0.39 is 0 Å². The molecule has 0 aliphatic carbocycles. The summed E-state index contributed by atoms with van der Waals surface area (Å²) in [6.07, 6.45) is 1.23. The summed E-state index contributed by atoms with van der Waals surface area (Å²) >= 11 is 1.43. The predicted molar refractivity (Wildman–Crippen MR) is 146 cm³/mol. The highest BCUT2D eigenvalue weighted by atomic mass is 32.1. The Labute approximate surface area is 224 Å². The molecule has 3 aromatic carbocycles. The van der Waals surface area contributed by atoms with Crippen LogP contribution in [0.25, 0.3) is 20.5 Å². The Morgan fingerprint density at radius 2 is 1.63 bits per heavy atom. The van der Waals surface area contributed by atoms with Crippen LogP contribution < -0.4 is 14.2 Å². The highest BCUT2D eigenvalue weighted by molar-refractivity contribution is 7.22. The third kappa shape index (κ3) is 5.61. The number of hydrogen-bond donors (Lipinski definition) is 0. The quantitative estimate of drug-likeness (QED) is 0.185. The minimum absolute atomic E-state index is 0.124. The summed E-state index contributed by atoms with van der Waals surface area (Å²) in [5.41, 5.74) is 1.91. The van der Waals surface area contributed by atoms with Gasteiger partial charge in [-0.05, 0) is 91.2 Å². The van der Waals surface area contributed by atoms with Gasteiger partial charge >= 0.3 is 0 Å². The average Bonchev–Trinajstić information content (AvgIpc) is 3.52. The van der Waals surface area contributed by atoms with Gasteiger partial charge in [0.15, 0.2) is 5.78 Å². The van der Waals surface area contributed by atoms with Crippen molar-refractivity contribution in [3.63, 3.8) is 0 Å². The lowest BCUT2D eigenvalue weighted by atomic mass is 9.97. The van der Waals surface area contributed by atoms with Crippen molar-refractivity contribution in [2.45, 2.75) is 13.3 Å². The van der Waals surface area contributed by atoms with Gasteiger partial charge in [-0.25, -0.2) is 0 Å². The third-order valence-corrected chi connectivity index (χ3v) is 7.88. The smallest absolute Gasteiger partial charge is 0.298 e. The van der Waals surface area contributed by atoms with E-state index in [1.54, 1.807) is 54.6 Å². The summed E-state index contributed by atoms with van der Waals surface area (Å²) in [6, 6.07) is 19.4. The van der Waals surface area contributed by atoms with Gasteiger partial charge in [0.1, 0.15) is 23.9 Å². The molecule has 5 rings (SSSR count). The van der Waals surface area contributed by atoms with Crippen LogP contribution in [0, 0.1) is 5.92 Å². The van der Waals surface area contributed by atoms with Gasteiger partial charge in [-0.2, -0.15) is 0 Å². The number of ketones is 1. The van der Waals surface area contributed by atoms with Crippen LogP contribution in [0.1, 0.15) is 29.3 Å². The largest absolute Gasteiger partial charge is 0.492 e. The molecular formula is C30H27NO6S. The first-order valence-electron chi connectivity index (χ1n) is 12.4. The van der Waals surface area contributed by atoms with E-state index in [-0.39, 0.29) is 5.78 Å². The van der Waals surface area contributed by atoms with E-state index in [0.717, 1.165) is 51.8 Å². The molecule has 0 spiro atoms. The second-order valence-electron chi connectivity index (χ2n) is 9.31. The summed E-state index contributed by atoms with van der Waals surface area (Å²) in [4.78, 5) is 38.5. The number of nitrogens with zero attached hydrogens (tertiary/aromatic N) is 1. The minimum Gasteiger partial charge on any atom is -0.492 e. The second kappa shape index (κ2) is 11.6. The molecule has 0 amide bonds. The van der Waals surface area contributed by atoms with E-state index >= 15 is 0 Å². The summed E-state index contributed by atoms with van der Waals surface area (Å²) in [5, 5.41) is 0.765. The van der Waals surface area contributed by atoms with Crippen LogP contribution in [0.15, 0.2) is 66.7 Å². The van der Waals surface area contributed by atoms with Gasteiger partial charge < -0.3 is 14.2 Å². The van der Waals surface area contributed by atoms with Crippen LogP contribution in [-0.2, 0) is 9.59 Å². The van der Waals surface area contributed by atoms with Crippen molar-refractivity contribution in [1.29, 1.82) is 0 Å². The number of hydrogen-bond acceptors (Lipinski definition) is 8. The van der Waals surface area contributed by atoms with Gasteiger partial charge in [0.25, 0.3) is 12.9 Å². The van der Waals surface area contributed by atoms with Crippen molar-refractivity contribution in [2.75, 3.05) is 26.2 Å². The molecule has 2 heterocycles. The molecule has 1 atom stereocenters. The fraction of sp³-hybridized carbons (Fsp3) is 0.233. The molecule has 1 fully saturated rings. The van der Waals surface area contributed by atoms with Crippen molar-refractivity contribution in [2.24, 2.45) is 5.92 Å². The molecule has 1 aliphatic heterocycles. The van der Waals surface area contributed by atoms with Gasteiger partial charge in [-0.15, -0.1) is 11.3 Å². The summed E-state index contributed by atoms with van der Waals surface area (Å²) in [6.45, 7) is 6.75. The van der Waals surface area contributed by atoms with Crippen LogP contribution in [0.4, 0.5) is 0 Å². The molecule has 1 unspecified atom stereocenters. The molecule has 0 N–H and O–H groups in total. The lowest BCUT2D eigenvalue weighted by Crippen LogP contribution is -2.25. The number of carbonyl (C=O) groups is 3. The van der Waals surface area contributed by atoms with Crippen LogP contribution in [-0.4, -0.2) is 49.9 Å². The Balaban J connectivity index is 1.41. The molecule has 1 aliphatic rings. The second-order valence-corrected chi connectivity index (χ2v) is 10.4. The number of likely N-dealkylation sites (tertiary alicyclic amines) is 1. The summed E-state index contributed by atoms with van der Waals surface area (Å²) in [5.74, 6) is 2.16. The maximum absolute atomic E-state index is 13.8. The first-order chi connectivity index (χ1) is 18.6. The Hall–Kier alpha value is -4.01. The highest BCUT2D eigenvalue weighted by Gasteiger charge is 2.22. The molecule has 194 valence electrons. The number of carbonyl (C=O) groups excluding carboxylic acids is 3. The fourth-order valence-electron chi connectivity index (χ4n) is 4.74. The Bertz CT molecular complexity index is 1440. The summed E-state index contributed by atoms with van der Waals surface area (Å²) in [7, 11) is 0. The lowest BCUT2D eigenvalue weighted by Gasteiger charge is -2.15. The van der Waals surface area contributed by atoms with Gasteiger partial charge in [0.05, 0.1) is 0 Å². The molecule has 0 bridgehead atoms. The Morgan fingerprint density at radius 3 is 2.32 bits per heavy atom. The third-order valence-electron chi connectivity index (χ3n) is 6.67. The minimum atomic E-state index is -0.124.